The number of rotatable bonds is 10. The molecule has 1 amide bonds. The number of carbonyl (C=O) groups is 1. The first kappa shape index (κ1) is 21.4. The molecule has 0 saturated carbocycles. The second kappa shape index (κ2) is 9.74. The molecule has 0 radical (unpaired) electrons. The molecule has 0 fully saturated rings. The monoisotopic (exact) mass is 372 g/mol. The van der Waals surface area contributed by atoms with Crippen LogP contribution in [0.2, 0.25) is 0 Å². The standard InChI is InChI=1S/C17H28N2O5S/c1-6-15(23-5)17(20)18-14-12-13(10-11-16(14)24-9-4)25(21,22)19(7-2)8-3/h10-12,15H,6-9H2,1-5H3,(H,18,20). The van der Waals surface area contributed by atoms with Crippen molar-refractivity contribution >= 4 is 21.6 Å². The molecule has 0 aromatic heterocycles. The molecule has 0 aliphatic rings. The van der Waals surface area contributed by atoms with E-state index in [0.29, 0.717) is 37.6 Å². The summed E-state index contributed by atoms with van der Waals surface area (Å²) in [6.07, 6.45) is -0.110. The number of ether oxygens (including phenoxy) is 2. The number of sulfonamides is 1. The van der Waals surface area contributed by atoms with Gasteiger partial charge in [0.15, 0.2) is 0 Å². The van der Waals surface area contributed by atoms with Gasteiger partial charge in [-0.2, -0.15) is 4.31 Å². The van der Waals surface area contributed by atoms with E-state index in [4.69, 9.17) is 9.47 Å². The van der Waals surface area contributed by atoms with E-state index in [1.54, 1.807) is 19.9 Å². The predicted octanol–water partition coefficient (Wildman–Crippen LogP) is 2.48. The van der Waals surface area contributed by atoms with Gasteiger partial charge in [0, 0.05) is 20.2 Å². The number of nitrogens with one attached hydrogen (secondary N) is 1. The third-order valence-electron chi connectivity index (χ3n) is 3.80. The summed E-state index contributed by atoms with van der Waals surface area (Å²) in [6, 6.07) is 4.48. The highest BCUT2D eigenvalue weighted by Gasteiger charge is 2.24. The Morgan fingerprint density at radius 2 is 1.84 bits per heavy atom. The van der Waals surface area contributed by atoms with Crippen molar-refractivity contribution in [3.05, 3.63) is 18.2 Å². The number of nitrogens with zero attached hydrogens (tertiary/aromatic N) is 1. The van der Waals surface area contributed by atoms with Gasteiger partial charge in [-0.05, 0) is 31.5 Å². The van der Waals surface area contributed by atoms with Crippen LogP contribution >= 0.6 is 0 Å². The summed E-state index contributed by atoms with van der Waals surface area (Å²) >= 11 is 0. The minimum atomic E-state index is -3.63. The van der Waals surface area contributed by atoms with Crippen molar-refractivity contribution in [3.63, 3.8) is 0 Å². The van der Waals surface area contributed by atoms with E-state index in [1.165, 1.54) is 23.5 Å². The van der Waals surface area contributed by atoms with Gasteiger partial charge in [0.1, 0.15) is 11.9 Å². The van der Waals surface area contributed by atoms with Gasteiger partial charge in [0.2, 0.25) is 10.0 Å². The van der Waals surface area contributed by atoms with Crippen LogP contribution in [0.5, 0.6) is 5.75 Å². The molecule has 1 rings (SSSR count). The third kappa shape index (κ3) is 5.17. The number of hydrogen-bond acceptors (Lipinski definition) is 5. The van der Waals surface area contributed by atoms with Crippen LogP contribution in [-0.2, 0) is 19.6 Å². The van der Waals surface area contributed by atoms with Crippen LogP contribution in [0, 0.1) is 0 Å². The zero-order valence-corrected chi connectivity index (χ0v) is 16.4. The first-order valence-electron chi connectivity index (χ1n) is 8.46. The average molecular weight is 372 g/mol. The van der Waals surface area contributed by atoms with E-state index in [0.717, 1.165) is 0 Å². The van der Waals surface area contributed by atoms with Gasteiger partial charge in [-0.3, -0.25) is 4.79 Å². The van der Waals surface area contributed by atoms with E-state index in [1.807, 2.05) is 13.8 Å². The summed E-state index contributed by atoms with van der Waals surface area (Å²) < 4.78 is 37.4. The Balaban J connectivity index is 3.28. The minimum absolute atomic E-state index is 0.111. The number of amides is 1. The van der Waals surface area contributed by atoms with Gasteiger partial charge in [0.25, 0.3) is 5.91 Å². The Bertz CT molecular complexity index is 668. The highest BCUT2D eigenvalue weighted by molar-refractivity contribution is 7.89. The Hall–Kier alpha value is -1.64. The van der Waals surface area contributed by atoms with Crippen molar-refractivity contribution in [1.29, 1.82) is 0 Å². The van der Waals surface area contributed by atoms with Crippen LogP contribution < -0.4 is 10.1 Å². The van der Waals surface area contributed by atoms with Gasteiger partial charge >= 0.3 is 0 Å². The number of carbonyl (C=O) groups excluding carboxylic acids is 1. The molecule has 1 N–H and O–H groups in total. The van der Waals surface area contributed by atoms with E-state index in [2.05, 4.69) is 5.32 Å². The molecule has 0 spiro atoms. The Morgan fingerprint density at radius 1 is 1.20 bits per heavy atom. The molecule has 1 unspecified atom stereocenters. The van der Waals surface area contributed by atoms with Crippen molar-refractivity contribution in [2.24, 2.45) is 0 Å². The Kier molecular flexibility index (Phi) is 8.34. The lowest BCUT2D eigenvalue weighted by Gasteiger charge is -2.20. The largest absolute Gasteiger partial charge is 0.492 e. The fourth-order valence-electron chi connectivity index (χ4n) is 2.43. The molecule has 142 valence electrons. The highest BCUT2D eigenvalue weighted by Crippen LogP contribution is 2.29. The van der Waals surface area contributed by atoms with Crippen LogP contribution in [-0.4, -0.2) is 51.5 Å². The van der Waals surface area contributed by atoms with Crippen LogP contribution in [0.1, 0.15) is 34.1 Å². The zero-order chi connectivity index (χ0) is 19.0. The fourth-order valence-corrected chi connectivity index (χ4v) is 3.92. The molecule has 0 saturated heterocycles. The number of hydrogen-bond donors (Lipinski definition) is 1. The average Bonchev–Trinajstić information content (AvgIpc) is 2.58. The highest BCUT2D eigenvalue weighted by atomic mass is 32.2. The number of methoxy groups -OCH3 is 1. The maximum atomic E-state index is 12.7. The summed E-state index contributed by atoms with van der Waals surface area (Å²) in [7, 11) is -2.17. The molecular weight excluding hydrogens is 344 g/mol. The van der Waals surface area contributed by atoms with Crippen molar-refractivity contribution in [3.8, 4) is 5.75 Å². The summed E-state index contributed by atoms with van der Waals surface area (Å²) in [5.41, 5.74) is 0.315. The normalized spacial score (nSPS) is 12.9. The Morgan fingerprint density at radius 3 is 2.32 bits per heavy atom. The second-order valence-electron chi connectivity index (χ2n) is 5.30. The number of benzene rings is 1. The van der Waals surface area contributed by atoms with Crippen molar-refractivity contribution in [2.45, 2.75) is 45.1 Å². The summed E-state index contributed by atoms with van der Waals surface area (Å²) in [5.74, 6) is 0.0728. The van der Waals surface area contributed by atoms with Gasteiger partial charge in [-0.1, -0.05) is 20.8 Å². The molecule has 0 heterocycles. The third-order valence-corrected chi connectivity index (χ3v) is 5.85. The van der Waals surface area contributed by atoms with Gasteiger partial charge in [-0.15, -0.1) is 0 Å². The van der Waals surface area contributed by atoms with Crippen LogP contribution in [0.25, 0.3) is 0 Å². The van der Waals surface area contributed by atoms with Crippen molar-refractivity contribution in [2.75, 3.05) is 32.1 Å². The lowest BCUT2D eigenvalue weighted by atomic mass is 10.2. The van der Waals surface area contributed by atoms with E-state index >= 15 is 0 Å². The molecule has 25 heavy (non-hydrogen) atoms. The van der Waals surface area contributed by atoms with Gasteiger partial charge in [0.05, 0.1) is 17.2 Å². The topological polar surface area (TPSA) is 84.9 Å². The molecule has 1 atom stereocenters. The molecule has 8 heteroatoms. The molecule has 0 bridgehead atoms. The fraction of sp³-hybridized carbons (Fsp3) is 0.588. The SMILES string of the molecule is CCOc1ccc(S(=O)(=O)N(CC)CC)cc1NC(=O)C(CC)OC. The summed E-state index contributed by atoms with van der Waals surface area (Å²) in [4.78, 5) is 12.4. The first-order valence-corrected chi connectivity index (χ1v) is 9.90. The molecule has 0 aliphatic heterocycles. The molecule has 1 aromatic rings. The van der Waals surface area contributed by atoms with E-state index in [9.17, 15) is 13.2 Å². The Labute approximate surface area is 150 Å². The summed E-state index contributed by atoms with van der Waals surface area (Å²) in [6.45, 7) is 8.34. The molecule has 7 nitrogen and oxygen atoms in total. The predicted molar refractivity (Wildman–Crippen MR) is 97.4 cm³/mol. The van der Waals surface area contributed by atoms with Gasteiger partial charge in [-0.25, -0.2) is 8.42 Å². The van der Waals surface area contributed by atoms with Crippen molar-refractivity contribution in [1.82, 2.24) is 4.31 Å². The quantitative estimate of drug-likeness (QED) is 0.682. The van der Waals surface area contributed by atoms with E-state index in [-0.39, 0.29) is 10.8 Å². The second-order valence-corrected chi connectivity index (χ2v) is 7.24. The van der Waals surface area contributed by atoms with Crippen LogP contribution in [0.4, 0.5) is 5.69 Å². The first-order chi connectivity index (χ1) is 11.8. The summed E-state index contributed by atoms with van der Waals surface area (Å²) in [5, 5.41) is 2.71. The molecule has 1 aromatic carbocycles. The maximum absolute atomic E-state index is 12.7. The zero-order valence-electron chi connectivity index (χ0n) is 15.5. The lowest BCUT2D eigenvalue weighted by Crippen LogP contribution is -2.31. The molecular formula is C17H28N2O5S. The maximum Gasteiger partial charge on any atom is 0.253 e. The molecule has 0 aliphatic carbocycles. The van der Waals surface area contributed by atoms with Gasteiger partial charge < -0.3 is 14.8 Å². The van der Waals surface area contributed by atoms with Crippen LogP contribution in [0.3, 0.4) is 0 Å². The number of anilines is 1. The lowest BCUT2D eigenvalue weighted by molar-refractivity contribution is -0.125. The smallest absolute Gasteiger partial charge is 0.253 e. The van der Waals surface area contributed by atoms with Crippen molar-refractivity contribution < 1.29 is 22.7 Å². The van der Waals surface area contributed by atoms with E-state index < -0.39 is 16.1 Å². The minimum Gasteiger partial charge on any atom is -0.492 e. The van der Waals surface area contributed by atoms with Crippen LogP contribution in [0.15, 0.2) is 23.1 Å².